The largest absolute Gasteiger partial charge is 0.394 e. The van der Waals surface area contributed by atoms with Gasteiger partial charge in [0.15, 0.2) is 5.82 Å². The molecule has 2 N–H and O–H groups in total. The Morgan fingerprint density at radius 2 is 1.71 bits per heavy atom. The van der Waals surface area contributed by atoms with Gasteiger partial charge in [-0.25, -0.2) is 0 Å². The number of nitrogens with zero attached hydrogens (tertiary/aromatic N) is 4. The maximum absolute atomic E-state index is 6.16. The normalized spacial score (nSPS) is 15.6. The fourth-order valence-corrected chi connectivity index (χ4v) is 3.04. The Morgan fingerprint density at radius 3 is 2.29 bits per heavy atom. The lowest BCUT2D eigenvalue weighted by Crippen LogP contribution is -2.47. The van der Waals surface area contributed by atoms with E-state index in [9.17, 15) is 0 Å². The van der Waals surface area contributed by atoms with Crippen LogP contribution >= 0.6 is 0 Å². The van der Waals surface area contributed by atoms with E-state index in [2.05, 4.69) is 46.1 Å². The van der Waals surface area contributed by atoms with E-state index < -0.39 is 0 Å². The molecule has 1 aliphatic heterocycles. The summed E-state index contributed by atoms with van der Waals surface area (Å²) in [7, 11) is 1.96. The molecule has 1 fully saturated rings. The summed E-state index contributed by atoms with van der Waals surface area (Å²) in [6.07, 6.45) is 0. The Labute approximate surface area is 126 Å². The first kappa shape index (κ1) is 13.8. The van der Waals surface area contributed by atoms with E-state index in [0.29, 0.717) is 0 Å². The van der Waals surface area contributed by atoms with Gasteiger partial charge in [0.2, 0.25) is 0 Å². The number of aryl methyl sites for hydroxylation is 3. The van der Waals surface area contributed by atoms with Crippen molar-refractivity contribution in [3.8, 4) is 0 Å². The van der Waals surface area contributed by atoms with Gasteiger partial charge in [0.05, 0.1) is 11.4 Å². The van der Waals surface area contributed by atoms with Crippen molar-refractivity contribution < 1.29 is 0 Å². The number of hydrogen-bond donors (Lipinski definition) is 1. The van der Waals surface area contributed by atoms with Crippen molar-refractivity contribution >= 4 is 17.2 Å². The minimum absolute atomic E-state index is 0.807. The Balaban J connectivity index is 1.73. The molecule has 0 unspecified atom stereocenters. The first-order valence-corrected chi connectivity index (χ1v) is 7.42. The van der Waals surface area contributed by atoms with Gasteiger partial charge in [0, 0.05) is 38.9 Å². The fourth-order valence-electron chi connectivity index (χ4n) is 3.04. The molecule has 0 spiro atoms. The van der Waals surface area contributed by atoms with Crippen LogP contribution < -0.4 is 15.5 Å². The van der Waals surface area contributed by atoms with Gasteiger partial charge < -0.3 is 15.5 Å². The molecule has 0 amide bonds. The van der Waals surface area contributed by atoms with Crippen molar-refractivity contribution in [2.24, 2.45) is 7.05 Å². The summed E-state index contributed by atoms with van der Waals surface area (Å²) in [5.74, 6) is 1.05. The molecule has 5 nitrogen and oxygen atoms in total. The van der Waals surface area contributed by atoms with Gasteiger partial charge in [-0.05, 0) is 31.5 Å². The van der Waals surface area contributed by atoms with Gasteiger partial charge in [-0.15, -0.1) is 0 Å². The van der Waals surface area contributed by atoms with Crippen molar-refractivity contribution in [2.45, 2.75) is 13.8 Å². The zero-order chi connectivity index (χ0) is 15.0. The summed E-state index contributed by atoms with van der Waals surface area (Å²) < 4.78 is 1.90. The second-order valence-corrected chi connectivity index (χ2v) is 5.76. The lowest BCUT2D eigenvalue weighted by atomic mass is 10.2. The van der Waals surface area contributed by atoms with Gasteiger partial charge >= 0.3 is 0 Å². The van der Waals surface area contributed by atoms with Gasteiger partial charge in [0.25, 0.3) is 0 Å². The summed E-state index contributed by atoms with van der Waals surface area (Å²) in [4.78, 5) is 4.77. The summed E-state index contributed by atoms with van der Waals surface area (Å²) in [6, 6.07) is 8.70. The predicted octanol–water partition coefficient (Wildman–Crippen LogP) is 1.95. The first-order valence-electron chi connectivity index (χ1n) is 7.42. The van der Waals surface area contributed by atoms with Crippen LogP contribution in [0.4, 0.5) is 17.2 Å². The Kier molecular flexibility index (Phi) is 3.49. The highest BCUT2D eigenvalue weighted by Crippen LogP contribution is 2.27. The third kappa shape index (κ3) is 2.55. The molecule has 112 valence electrons. The smallest absolute Gasteiger partial charge is 0.150 e. The highest BCUT2D eigenvalue weighted by Gasteiger charge is 2.22. The van der Waals surface area contributed by atoms with Gasteiger partial charge in [-0.2, -0.15) is 5.10 Å². The lowest BCUT2D eigenvalue weighted by molar-refractivity contribution is 0.624. The average molecular weight is 285 g/mol. The molecule has 1 aliphatic rings. The fraction of sp³-hybridized carbons (Fsp3) is 0.438. The Hall–Kier alpha value is -2.17. The van der Waals surface area contributed by atoms with Crippen LogP contribution in [0.3, 0.4) is 0 Å². The molecule has 1 aromatic heterocycles. The molecule has 0 atom stereocenters. The van der Waals surface area contributed by atoms with E-state index in [0.717, 1.165) is 43.4 Å². The van der Waals surface area contributed by atoms with Gasteiger partial charge in [0.1, 0.15) is 0 Å². The van der Waals surface area contributed by atoms with Crippen LogP contribution in [-0.2, 0) is 7.05 Å². The van der Waals surface area contributed by atoms with Crippen LogP contribution in [0.5, 0.6) is 0 Å². The molecule has 0 radical (unpaired) electrons. The minimum Gasteiger partial charge on any atom is -0.394 e. The number of piperazine rings is 1. The molecule has 2 heterocycles. The number of benzene rings is 1. The number of hydrogen-bond acceptors (Lipinski definition) is 4. The topological polar surface area (TPSA) is 50.3 Å². The van der Waals surface area contributed by atoms with Crippen LogP contribution in [0.1, 0.15) is 11.3 Å². The standard InChI is InChI=1S/C16H23N5/c1-12-5-4-6-14(11-12)20-7-9-21(10-8-20)16-15(17)13(2)18-19(16)3/h4-6,11H,7-10,17H2,1-3H3. The van der Waals surface area contributed by atoms with E-state index in [-0.39, 0.29) is 0 Å². The van der Waals surface area contributed by atoms with E-state index >= 15 is 0 Å². The summed E-state index contributed by atoms with van der Waals surface area (Å²) in [5.41, 5.74) is 10.5. The third-order valence-corrected chi connectivity index (χ3v) is 4.18. The maximum atomic E-state index is 6.16. The van der Waals surface area contributed by atoms with E-state index in [1.807, 2.05) is 18.7 Å². The molecule has 2 aromatic rings. The second-order valence-electron chi connectivity index (χ2n) is 5.76. The molecule has 21 heavy (non-hydrogen) atoms. The minimum atomic E-state index is 0.807. The second kappa shape index (κ2) is 5.31. The van der Waals surface area contributed by atoms with Crippen molar-refractivity contribution in [2.75, 3.05) is 41.7 Å². The van der Waals surface area contributed by atoms with Crippen LogP contribution in [0.25, 0.3) is 0 Å². The lowest BCUT2D eigenvalue weighted by Gasteiger charge is -2.37. The molecule has 0 saturated carbocycles. The Bertz CT molecular complexity index is 638. The van der Waals surface area contributed by atoms with Crippen LogP contribution in [0.2, 0.25) is 0 Å². The summed E-state index contributed by atoms with van der Waals surface area (Å²) in [5, 5.41) is 4.41. The number of nitrogens with two attached hydrogens (primary N) is 1. The van der Waals surface area contributed by atoms with Crippen LogP contribution in [-0.4, -0.2) is 36.0 Å². The van der Waals surface area contributed by atoms with Gasteiger partial charge in [-0.1, -0.05) is 12.1 Å². The highest BCUT2D eigenvalue weighted by molar-refractivity contribution is 5.66. The zero-order valence-corrected chi connectivity index (χ0v) is 13.0. The number of rotatable bonds is 2. The van der Waals surface area contributed by atoms with Crippen molar-refractivity contribution in [3.63, 3.8) is 0 Å². The van der Waals surface area contributed by atoms with E-state index in [4.69, 9.17) is 5.73 Å². The molecular formula is C16H23N5. The van der Waals surface area contributed by atoms with Crippen molar-refractivity contribution in [1.29, 1.82) is 0 Å². The highest BCUT2D eigenvalue weighted by atomic mass is 15.4. The predicted molar refractivity (Wildman–Crippen MR) is 88.0 cm³/mol. The Morgan fingerprint density at radius 1 is 1.05 bits per heavy atom. The number of aromatic nitrogens is 2. The molecule has 0 bridgehead atoms. The molecule has 1 aromatic carbocycles. The molecular weight excluding hydrogens is 262 g/mol. The van der Waals surface area contributed by atoms with Crippen LogP contribution in [0.15, 0.2) is 24.3 Å². The molecule has 1 saturated heterocycles. The van der Waals surface area contributed by atoms with E-state index in [1.165, 1.54) is 11.3 Å². The first-order chi connectivity index (χ1) is 10.1. The van der Waals surface area contributed by atoms with E-state index in [1.54, 1.807) is 0 Å². The molecule has 0 aliphatic carbocycles. The molecule has 3 rings (SSSR count). The monoisotopic (exact) mass is 285 g/mol. The van der Waals surface area contributed by atoms with Crippen molar-refractivity contribution in [1.82, 2.24) is 9.78 Å². The van der Waals surface area contributed by atoms with Gasteiger partial charge in [-0.3, -0.25) is 4.68 Å². The van der Waals surface area contributed by atoms with Crippen LogP contribution in [0, 0.1) is 13.8 Å². The summed E-state index contributed by atoms with van der Waals surface area (Å²) in [6.45, 7) is 8.05. The summed E-state index contributed by atoms with van der Waals surface area (Å²) >= 11 is 0. The maximum Gasteiger partial charge on any atom is 0.150 e. The average Bonchev–Trinajstić information content (AvgIpc) is 2.72. The number of nitrogen functional groups attached to an aromatic ring is 1. The van der Waals surface area contributed by atoms with Crippen molar-refractivity contribution in [3.05, 3.63) is 35.5 Å². The quantitative estimate of drug-likeness (QED) is 0.916. The molecule has 5 heteroatoms. The SMILES string of the molecule is Cc1cccc(N2CCN(c3c(N)c(C)nn3C)CC2)c1. The number of anilines is 3. The third-order valence-electron chi connectivity index (χ3n) is 4.18. The zero-order valence-electron chi connectivity index (χ0n) is 13.0.